The van der Waals surface area contributed by atoms with Crippen LogP contribution in [0, 0.1) is 0 Å². The molecule has 2 rings (SSSR count). The zero-order valence-corrected chi connectivity index (χ0v) is 12.0. The molecule has 3 nitrogen and oxygen atoms in total. The maximum Gasteiger partial charge on any atom is 0.0544 e. The third-order valence-corrected chi connectivity index (χ3v) is 2.91. The molecule has 0 aliphatic rings. The molecule has 0 aliphatic heterocycles. The van der Waals surface area contributed by atoms with E-state index in [1.807, 2.05) is 36.7 Å². The Morgan fingerprint density at radius 3 is 1.89 bits per heavy atom. The van der Waals surface area contributed by atoms with Gasteiger partial charge in [0.25, 0.3) is 0 Å². The van der Waals surface area contributed by atoms with Gasteiger partial charge in [-0.1, -0.05) is 19.1 Å². The van der Waals surface area contributed by atoms with Gasteiger partial charge in [-0.25, -0.2) is 0 Å². The van der Waals surface area contributed by atoms with Crippen LogP contribution >= 0.6 is 12.6 Å². The minimum Gasteiger partial charge on any atom is -0.291 e. The number of pyridine rings is 2. The predicted octanol–water partition coefficient (Wildman–Crippen LogP) is 2.80. The minimum atomic E-state index is 0.326. The average molecular weight is 273 g/mol. The molecule has 4 heteroatoms. The smallest absolute Gasteiger partial charge is 0.0544 e. The molecule has 1 atom stereocenters. The number of hydrogen-bond acceptors (Lipinski definition) is 4. The highest BCUT2D eigenvalue weighted by Gasteiger charge is 2.10. The number of thiol groups is 1. The van der Waals surface area contributed by atoms with Crippen molar-refractivity contribution in [3.63, 3.8) is 0 Å². The Balaban J connectivity index is 2.03. The molecule has 0 spiro atoms. The summed E-state index contributed by atoms with van der Waals surface area (Å²) in [4.78, 5) is 11.1. The summed E-state index contributed by atoms with van der Waals surface area (Å²) in [6, 6.07) is 12.0. The van der Waals surface area contributed by atoms with Crippen LogP contribution in [0.1, 0.15) is 18.3 Å². The van der Waals surface area contributed by atoms with Crippen LogP contribution in [0.5, 0.6) is 0 Å². The van der Waals surface area contributed by atoms with Crippen LogP contribution in [0.2, 0.25) is 0 Å². The summed E-state index contributed by atoms with van der Waals surface area (Å²) in [6.07, 6.45) is 3.66. The van der Waals surface area contributed by atoms with Gasteiger partial charge in [0.1, 0.15) is 0 Å². The van der Waals surface area contributed by atoms with Crippen LogP contribution in [0.3, 0.4) is 0 Å². The lowest BCUT2D eigenvalue weighted by molar-refractivity contribution is 0.254. The summed E-state index contributed by atoms with van der Waals surface area (Å²) in [6.45, 7) is 4.66. The zero-order valence-electron chi connectivity index (χ0n) is 11.1. The predicted molar refractivity (Wildman–Crippen MR) is 81.0 cm³/mol. The molecule has 19 heavy (non-hydrogen) atoms. The summed E-state index contributed by atoms with van der Waals surface area (Å²) in [7, 11) is 0. The Morgan fingerprint density at radius 2 is 1.53 bits per heavy atom. The Morgan fingerprint density at radius 1 is 1.00 bits per heavy atom. The minimum absolute atomic E-state index is 0.326. The second-order valence-electron chi connectivity index (χ2n) is 4.66. The lowest BCUT2D eigenvalue weighted by atomic mass is 10.2. The quantitative estimate of drug-likeness (QED) is 0.821. The van der Waals surface area contributed by atoms with E-state index in [-0.39, 0.29) is 0 Å². The normalized spacial score (nSPS) is 12.6. The van der Waals surface area contributed by atoms with Gasteiger partial charge < -0.3 is 0 Å². The molecule has 0 radical (unpaired) electrons. The number of nitrogens with zero attached hydrogens (tertiary/aromatic N) is 3. The number of hydrogen-bond donors (Lipinski definition) is 1. The van der Waals surface area contributed by atoms with E-state index in [0.717, 1.165) is 31.0 Å². The average Bonchev–Trinajstić information content (AvgIpc) is 2.40. The first-order chi connectivity index (χ1) is 9.24. The Bertz CT molecular complexity index is 432. The molecule has 2 aromatic rings. The SMILES string of the molecule is CC(S)CN(Cc1ccccn1)Cc1ccccn1. The summed E-state index contributed by atoms with van der Waals surface area (Å²) in [5.74, 6) is 0. The molecule has 100 valence electrons. The largest absolute Gasteiger partial charge is 0.291 e. The first-order valence-electron chi connectivity index (χ1n) is 6.44. The molecule has 0 N–H and O–H groups in total. The van der Waals surface area contributed by atoms with Crippen LogP contribution < -0.4 is 0 Å². The summed E-state index contributed by atoms with van der Waals surface area (Å²) < 4.78 is 0. The molecule has 0 saturated carbocycles. The van der Waals surface area contributed by atoms with Gasteiger partial charge in [0.2, 0.25) is 0 Å². The van der Waals surface area contributed by atoms with Gasteiger partial charge in [0.15, 0.2) is 0 Å². The van der Waals surface area contributed by atoms with Gasteiger partial charge in [0, 0.05) is 37.3 Å². The van der Waals surface area contributed by atoms with Crippen molar-refractivity contribution in [2.24, 2.45) is 0 Å². The van der Waals surface area contributed by atoms with E-state index >= 15 is 0 Å². The topological polar surface area (TPSA) is 29.0 Å². The monoisotopic (exact) mass is 273 g/mol. The first kappa shape index (κ1) is 14.0. The lowest BCUT2D eigenvalue weighted by Gasteiger charge is -2.23. The molecule has 0 aliphatic carbocycles. The van der Waals surface area contributed by atoms with E-state index in [2.05, 4.69) is 46.6 Å². The maximum atomic E-state index is 4.49. The van der Waals surface area contributed by atoms with Crippen molar-refractivity contribution in [3.8, 4) is 0 Å². The fourth-order valence-corrected chi connectivity index (χ4v) is 2.23. The molecule has 0 fully saturated rings. The van der Waals surface area contributed by atoms with Gasteiger partial charge >= 0.3 is 0 Å². The van der Waals surface area contributed by atoms with E-state index in [1.165, 1.54) is 0 Å². The molecular weight excluding hydrogens is 254 g/mol. The van der Waals surface area contributed by atoms with Crippen LogP contribution in [-0.2, 0) is 13.1 Å². The third kappa shape index (κ3) is 5.01. The second-order valence-corrected chi connectivity index (χ2v) is 5.54. The lowest BCUT2D eigenvalue weighted by Crippen LogP contribution is -2.29. The van der Waals surface area contributed by atoms with E-state index in [9.17, 15) is 0 Å². The van der Waals surface area contributed by atoms with Gasteiger partial charge in [-0.15, -0.1) is 0 Å². The van der Waals surface area contributed by atoms with Crippen molar-refractivity contribution >= 4 is 12.6 Å². The van der Waals surface area contributed by atoms with E-state index < -0.39 is 0 Å². The molecular formula is C15H19N3S. The highest BCUT2D eigenvalue weighted by Crippen LogP contribution is 2.09. The van der Waals surface area contributed by atoms with Crippen LogP contribution in [0.4, 0.5) is 0 Å². The van der Waals surface area contributed by atoms with Gasteiger partial charge in [-0.3, -0.25) is 14.9 Å². The molecule has 1 unspecified atom stereocenters. The Kier molecular flexibility index (Phi) is 5.36. The van der Waals surface area contributed by atoms with Gasteiger partial charge in [0.05, 0.1) is 11.4 Å². The van der Waals surface area contributed by atoms with Crippen molar-refractivity contribution in [3.05, 3.63) is 60.2 Å². The van der Waals surface area contributed by atoms with E-state index in [4.69, 9.17) is 0 Å². The standard InChI is InChI=1S/C15H19N3S/c1-13(19)10-18(11-14-6-2-4-8-16-14)12-15-7-3-5-9-17-15/h2-9,13,19H,10-12H2,1H3. The summed E-state index contributed by atoms with van der Waals surface area (Å²) >= 11 is 4.49. The first-order valence-corrected chi connectivity index (χ1v) is 6.96. The van der Waals surface area contributed by atoms with Crippen LogP contribution in [0.25, 0.3) is 0 Å². The summed E-state index contributed by atoms with van der Waals surface area (Å²) in [5, 5.41) is 0.326. The highest BCUT2D eigenvalue weighted by molar-refractivity contribution is 7.80. The molecule has 0 saturated heterocycles. The molecule has 2 aromatic heterocycles. The van der Waals surface area contributed by atoms with E-state index in [0.29, 0.717) is 5.25 Å². The summed E-state index contributed by atoms with van der Waals surface area (Å²) in [5.41, 5.74) is 2.15. The highest BCUT2D eigenvalue weighted by atomic mass is 32.1. The molecule has 0 aromatic carbocycles. The molecule has 2 heterocycles. The van der Waals surface area contributed by atoms with Crippen molar-refractivity contribution in [2.45, 2.75) is 25.3 Å². The van der Waals surface area contributed by atoms with Crippen LogP contribution in [-0.4, -0.2) is 26.7 Å². The maximum absolute atomic E-state index is 4.49. The molecule has 0 amide bonds. The fourth-order valence-electron chi connectivity index (χ4n) is 2.00. The van der Waals surface area contributed by atoms with Crippen molar-refractivity contribution < 1.29 is 0 Å². The van der Waals surface area contributed by atoms with E-state index in [1.54, 1.807) is 0 Å². The fraction of sp³-hybridized carbons (Fsp3) is 0.333. The second kappa shape index (κ2) is 7.26. The number of aromatic nitrogens is 2. The molecule has 0 bridgehead atoms. The number of rotatable bonds is 6. The third-order valence-electron chi connectivity index (χ3n) is 2.75. The zero-order chi connectivity index (χ0) is 13.5. The van der Waals surface area contributed by atoms with Crippen LogP contribution in [0.15, 0.2) is 48.8 Å². The Hall–Kier alpha value is -1.39. The van der Waals surface area contributed by atoms with Gasteiger partial charge in [-0.05, 0) is 24.3 Å². The van der Waals surface area contributed by atoms with Crippen molar-refractivity contribution in [1.29, 1.82) is 0 Å². The Labute approximate surface area is 120 Å². The van der Waals surface area contributed by atoms with Crippen molar-refractivity contribution in [1.82, 2.24) is 14.9 Å². The van der Waals surface area contributed by atoms with Crippen molar-refractivity contribution in [2.75, 3.05) is 6.54 Å². The van der Waals surface area contributed by atoms with Gasteiger partial charge in [-0.2, -0.15) is 12.6 Å².